The van der Waals surface area contributed by atoms with Crippen molar-refractivity contribution in [2.24, 2.45) is 0 Å². The van der Waals surface area contributed by atoms with Crippen molar-refractivity contribution in [3.05, 3.63) is 29.8 Å². The lowest BCUT2D eigenvalue weighted by Crippen LogP contribution is -1.94. The van der Waals surface area contributed by atoms with E-state index in [1.54, 1.807) is 7.11 Å². The van der Waals surface area contributed by atoms with Crippen LogP contribution in [0.25, 0.3) is 0 Å². The fourth-order valence-corrected chi connectivity index (χ4v) is 1.27. The SMILES string of the molecule is COc1ccc(CC[C@@H](C)Cl)cc1. The molecule has 13 heavy (non-hydrogen) atoms. The molecule has 0 spiro atoms. The van der Waals surface area contributed by atoms with Gasteiger partial charge in [0.05, 0.1) is 7.11 Å². The maximum absolute atomic E-state index is 5.86. The Kier molecular flexibility index (Phi) is 4.10. The third kappa shape index (κ3) is 3.69. The molecule has 0 aliphatic carbocycles. The van der Waals surface area contributed by atoms with Gasteiger partial charge in [-0.25, -0.2) is 0 Å². The van der Waals surface area contributed by atoms with Crippen LogP contribution in [0.1, 0.15) is 18.9 Å². The molecule has 0 aliphatic heterocycles. The summed E-state index contributed by atoms with van der Waals surface area (Å²) in [4.78, 5) is 0. The van der Waals surface area contributed by atoms with E-state index in [9.17, 15) is 0 Å². The van der Waals surface area contributed by atoms with Crippen molar-refractivity contribution in [1.82, 2.24) is 0 Å². The molecule has 0 heterocycles. The van der Waals surface area contributed by atoms with Crippen LogP contribution in [0.4, 0.5) is 0 Å². The van der Waals surface area contributed by atoms with Crippen LogP contribution < -0.4 is 4.74 Å². The zero-order valence-electron chi connectivity index (χ0n) is 8.09. The summed E-state index contributed by atoms with van der Waals surface area (Å²) in [5.74, 6) is 0.905. The largest absolute Gasteiger partial charge is 0.497 e. The van der Waals surface area contributed by atoms with E-state index in [0.717, 1.165) is 18.6 Å². The van der Waals surface area contributed by atoms with E-state index in [1.807, 2.05) is 19.1 Å². The maximum atomic E-state index is 5.86. The summed E-state index contributed by atoms with van der Waals surface area (Å²) >= 11 is 5.86. The molecule has 2 heteroatoms. The van der Waals surface area contributed by atoms with Gasteiger partial charge in [0.2, 0.25) is 0 Å². The highest BCUT2D eigenvalue weighted by molar-refractivity contribution is 6.20. The first-order valence-corrected chi connectivity index (χ1v) is 4.93. The number of methoxy groups -OCH3 is 1. The Morgan fingerprint density at radius 3 is 2.38 bits per heavy atom. The number of alkyl halides is 1. The number of ether oxygens (including phenoxy) is 1. The van der Waals surface area contributed by atoms with Gasteiger partial charge in [-0.2, -0.15) is 0 Å². The van der Waals surface area contributed by atoms with Crippen LogP contribution >= 0.6 is 11.6 Å². The third-order valence-electron chi connectivity index (χ3n) is 1.99. The van der Waals surface area contributed by atoms with Crippen molar-refractivity contribution in [2.45, 2.75) is 25.1 Å². The van der Waals surface area contributed by atoms with Crippen LogP contribution in [0, 0.1) is 0 Å². The Balaban J connectivity index is 2.49. The van der Waals surface area contributed by atoms with Gasteiger partial charge >= 0.3 is 0 Å². The number of aryl methyl sites for hydroxylation is 1. The molecule has 0 aromatic heterocycles. The number of halogens is 1. The number of hydrogen-bond acceptors (Lipinski definition) is 1. The molecule has 0 aliphatic rings. The average Bonchev–Trinajstić information content (AvgIpc) is 2.15. The van der Waals surface area contributed by atoms with E-state index in [4.69, 9.17) is 16.3 Å². The molecule has 0 bridgehead atoms. The Hall–Kier alpha value is -0.690. The first-order valence-electron chi connectivity index (χ1n) is 4.49. The van der Waals surface area contributed by atoms with E-state index >= 15 is 0 Å². The quantitative estimate of drug-likeness (QED) is 0.675. The minimum atomic E-state index is 0.252. The average molecular weight is 199 g/mol. The van der Waals surface area contributed by atoms with Crippen molar-refractivity contribution in [3.63, 3.8) is 0 Å². The first-order chi connectivity index (χ1) is 6.22. The van der Waals surface area contributed by atoms with Crippen molar-refractivity contribution < 1.29 is 4.74 Å². The zero-order valence-corrected chi connectivity index (χ0v) is 8.84. The lowest BCUT2D eigenvalue weighted by atomic mass is 10.1. The Morgan fingerprint density at radius 1 is 1.31 bits per heavy atom. The summed E-state index contributed by atoms with van der Waals surface area (Å²) in [6, 6.07) is 8.12. The van der Waals surface area contributed by atoms with Crippen molar-refractivity contribution >= 4 is 11.6 Å². The lowest BCUT2D eigenvalue weighted by Gasteiger charge is -2.04. The normalized spacial score (nSPS) is 12.5. The zero-order chi connectivity index (χ0) is 9.68. The van der Waals surface area contributed by atoms with E-state index < -0.39 is 0 Å². The number of benzene rings is 1. The highest BCUT2D eigenvalue weighted by Crippen LogP contribution is 2.14. The predicted molar refractivity (Wildman–Crippen MR) is 56.6 cm³/mol. The van der Waals surface area contributed by atoms with Crippen LogP contribution in [0.5, 0.6) is 5.75 Å². The Bertz CT molecular complexity index is 241. The molecule has 1 rings (SSSR count). The molecular weight excluding hydrogens is 184 g/mol. The molecular formula is C11H15ClO. The summed E-state index contributed by atoms with van der Waals surface area (Å²) in [7, 11) is 1.68. The Labute approximate surface area is 84.7 Å². The summed E-state index contributed by atoms with van der Waals surface area (Å²) in [5, 5.41) is 0.252. The molecule has 0 saturated carbocycles. The lowest BCUT2D eigenvalue weighted by molar-refractivity contribution is 0.414. The number of rotatable bonds is 4. The highest BCUT2D eigenvalue weighted by Gasteiger charge is 1.98. The van der Waals surface area contributed by atoms with E-state index in [1.165, 1.54) is 5.56 Å². The summed E-state index contributed by atoms with van der Waals surface area (Å²) in [6.07, 6.45) is 2.06. The second kappa shape index (κ2) is 5.13. The first kappa shape index (κ1) is 10.4. The molecule has 0 fully saturated rings. The highest BCUT2D eigenvalue weighted by atomic mass is 35.5. The molecule has 0 saturated heterocycles. The molecule has 0 unspecified atom stereocenters. The van der Waals surface area contributed by atoms with E-state index in [0.29, 0.717) is 0 Å². The van der Waals surface area contributed by atoms with Gasteiger partial charge in [-0.05, 0) is 37.5 Å². The molecule has 72 valence electrons. The molecule has 1 nitrogen and oxygen atoms in total. The van der Waals surface area contributed by atoms with Crippen LogP contribution in [0.2, 0.25) is 0 Å². The van der Waals surface area contributed by atoms with Gasteiger partial charge in [0, 0.05) is 5.38 Å². The van der Waals surface area contributed by atoms with Gasteiger partial charge in [-0.3, -0.25) is 0 Å². The molecule has 0 N–H and O–H groups in total. The van der Waals surface area contributed by atoms with Gasteiger partial charge < -0.3 is 4.74 Å². The second-order valence-electron chi connectivity index (χ2n) is 3.17. The molecule has 1 atom stereocenters. The summed E-state index contributed by atoms with van der Waals surface area (Å²) in [6.45, 7) is 2.02. The minimum Gasteiger partial charge on any atom is -0.497 e. The van der Waals surface area contributed by atoms with Crippen LogP contribution in [-0.2, 0) is 6.42 Å². The Morgan fingerprint density at radius 2 is 1.92 bits per heavy atom. The fraction of sp³-hybridized carbons (Fsp3) is 0.455. The van der Waals surface area contributed by atoms with Crippen LogP contribution in [0.3, 0.4) is 0 Å². The van der Waals surface area contributed by atoms with Gasteiger partial charge in [-0.1, -0.05) is 12.1 Å². The van der Waals surface area contributed by atoms with Gasteiger partial charge in [0.25, 0.3) is 0 Å². The molecule has 0 amide bonds. The van der Waals surface area contributed by atoms with Gasteiger partial charge in [0.1, 0.15) is 5.75 Å². The van der Waals surface area contributed by atoms with Crippen molar-refractivity contribution in [3.8, 4) is 5.75 Å². The molecule has 0 radical (unpaired) electrons. The topological polar surface area (TPSA) is 9.23 Å². The van der Waals surface area contributed by atoms with Gasteiger partial charge in [0.15, 0.2) is 0 Å². The van der Waals surface area contributed by atoms with Crippen molar-refractivity contribution in [1.29, 1.82) is 0 Å². The summed E-state index contributed by atoms with van der Waals surface area (Å²) < 4.78 is 5.07. The van der Waals surface area contributed by atoms with Crippen LogP contribution in [-0.4, -0.2) is 12.5 Å². The molecule has 1 aromatic rings. The predicted octanol–water partition coefficient (Wildman–Crippen LogP) is 3.26. The van der Waals surface area contributed by atoms with Crippen LogP contribution in [0.15, 0.2) is 24.3 Å². The third-order valence-corrected chi connectivity index (χ3v) is 2.21. The summed E-state index contributed by atoms with van der Waals surface area (Å²) in [5.41, 5.74) is 1.31. The smallest absolute Gasteiger partial charge is 0.118 e. The fourth-order valence-electron chi connectivity index (χ4n) is 1.16. The number of hydrogen-bond donors (Lipinski definition) is 0. The second-order valence-corrected chi connectivity index (χ2v) is 3.91. The standard InChI is InChI=1S/C11H15ClO/c1-9(12)3-4-10-5-7-11(13-2)8-6-10/h5-9H,3-4H2,1-2H3/t9-/m1/s1. The minimum absolute atomic E-state index is 0.252. The van der Waals surface area contributed by atoms with Gasteiger partial charge in [-0.15, -0.1) is 11.6 Å². The monoisotopic (exact) mass is 198 g/mol. The maximum Gasteiger partial charge on any atom is 0.118 e. The van der Waals surface area contributed by atoms with Crippen molar-refractivity contribution in [2.75, 3.05) is 7.11 Å². The molecule has 1 aromatic carbocycles. The van der Waals surface area contributed by atoms with E-state index in [2.05, 4.69) is 12.1 Å². The van der Waals surface area contributed by atoms with E-state index in [-0.39, 0.29) is 5.38 Å².